The molecule has 0 amide bonds. The van der Waals surface area contributed by atoms with Crippen molar-refractivity contribution in [3.63, 3.8) is 0 Å². The average Bonchev–Trinajstić information content (AvgIpc) is 2.65. The molecule has 0 aliphatic carbocycles. The highest BCUT2D eigenvalue weighted by atomic mass is 19.3. The summed E-state index contributed by atoms with van der Waals surface area (Å²) < 4.78 is 46.7. The lowest BCUT2D eigenvalue weighted by molar-refractivity contribution is -0.0523. The number of alkyl halides is 2. The smallest absolute Gasteiger partial charge is 0.387 e. The molecule has 2 rings (SSSR count). The predicted octanol–water partition coefficient (Wildman–Crippen LogP) is 2.08. The Morgan fingerprint density at radius 1 is 1.50 bits per heavy atom. The Labute approximate surface area is 90.2 Å². The van der Waals surface area contributed by atoms with E-state index in [2.05, 4.69) is 10.1 Å². The molecule has 1 atom stereocenters. The lowest BCUT2D eigenvalue weighted by Gasteiger charge is -2.09. The first-order chi connectivity index (χ1) is 7.63. The molecular formula is C10H10F3NO2. The zero-order valence-corrected chi connectivity index (χ0v) is 8.47. The highest BCUT2D eigenvalue weighted by Crippen LogP contribution is 2.38. The van der Waals surface area contributed by atoms with Crippen LogP contribution in [-0.2, 0) is 0 Å². The lowest BCUT2D eigenvalue weighted by atomic mass is 10.1. The molecule has 1 aromatic carbocycles. The largest absolute Gasteiger partial charge is 0.488 e. The molecule has 1 heterocycles. The van der Waals surface area contributed by atoms with Crippen molar-refractivity contribution >= 4 is 0 Å². The highest BCUT2D eigenvalue weighted by Gasteiger charge is 2.28. The lowest BCUT2D eigenvalue weighted by Crippen LogP contribution is -2.17. The second-order valence-electron chi connectivity index (χ2n) is 3.33. The van der Waals surface area contributed by atoms with Crippen LogP contribution in [0.4, 0.5) is 13.2 Å². The van der Waals surface area contributed by atoms with Crippen LogP contribution in [0.15, 0.2) is 12.1 Å². The second-order valence-corrected chi connectivity index (χ2v) is 3.33. The second kappa shape index (κ2) is 4.21. The first-order valence-corrected chi connectivity index (χ1v) is 4.70. The summed E-state index contributed by atoms with van der Waals surface area (Å²) in [6.45, 7) is -2.77. The van der Waals surface area contributed by atoms with Gasteiger partial charge in [0.1, 0.15) is 6.61 Å². The molecule has 0 saturated heterocycles. The quantitative estimate of drug-likeness (QED) is 0.867. The summed E-state index contributed by atoms with van der Waals surface area (Å²) >= 11 is 0. The van der Waals surface area contributed by atoms with Gasteiger partial charge in [0.15, 0.2) is 11.5 Å². The van der Waals surface area contributed by atoms with Crippen LogP contribution in [0, 0.1) is 5.82 Å². The third kappa shape index (κ3) is 1.80. The highest BCUT2D eigenvalue weighted by molar-refractivity contribution is 5.46. The van der Waals surface area contributed by atoms with E-state index in [0.717, 1.165) is 0 Å². The van der Waals surface area contributed by atoms with Crippen molar-refractivity contribution in [2.24, 2.45) is 0 Å². The van der Waals surface area contributed by atoms with Crippen LogP contribution in [-0.4, -0.2) is 20.3 Å². The fourth-order valence-corrected chi connectivity index (χ4v) is 1.66. The number of benzene rings is 1. The Kier molecular flexibility index (Phi) is 2.91. The van der Waals surface area contributed by atoms with Crippen LogP contribution in [0.3, 0.4) is 0 Å². The Morgan fingerprint density at radius 3 is 2.88 bits per heavy atom. The van der Waals surface area contributed by atoms with Crippen LogP contribution in [0.25, 0.3) is 0 Å². The normalized spacial score (nSPS) is 18.4. The molecular weight excluding hydrogens is 223 g/mol. The van der Waals surface area contributed by atoms with Crippen LogP contribution in [0.2, 0.25) is 0 Å². The first kappa shape index (κ1) is 11.1. The molecule has 0 fully saturated rings. The third-order valence-corrected chi connectivity index (χ3v) is 2.43. The van der Waals surface area contributed by atoms with Crippen molar-refractivity contribution in [2.45, 2.75) is 12.7 Å². The van der Waals surface area contributed by atoms with Gasteiger partial charge in [-0.05, 0) is 19.2 Å². The summed E-state index contributed by atoms with van der Waals surface area (Å²) in [6.07, 6.45) is 0. The number of ether oxygens (including phenoxy) is 2. The molecule has 3 nitrogen and oxygen atoms in total. The van der Waals surface area contributed by atoms with Crippen LogP contribution in [0.5, 0.6) is 11.5 Å². The van der Waals surface area contributed by atoms with E-state index in [1.165, 1.54) is 12.1 Å². The van der Waals surface area contributed by atoms with E-state index in [9.17, 15) is 13.2 Å². The molecule has 0 saturated carbocycles. The van der Waals surface area contributed by atoms with Crippen molar-refractivity contribution < 1.29 is 22.6 Å². The van der Waals surface area contributed by atoms with Crippen LogP contribution >= 0.6 is 0 Å². The van der Waals surface area contributed by atoms with Gasteiger partial charge in [-0.1, -0.05) is 0 Å². The molecule has 1 unspecified atom stereocenters. The number of rotatable bonds is 3. The molecule has 1 aliphatic heterocycles. The molecule has 1 aliphatic rings. The zero-order valence-electron chi connectivity index (χ0n) is 8.47. The summed E-state index contributed by atoms with van der Waals surface area (Å²) in [5.74, 6) is -1.39. The molecule has 0 spiro atoms. The summed E-state index contributed by atoms with van der Waals surface area (Å²) in [5, 5.41) is 2.93. The maximum atomic E-state index is 13.6. The summed E-state index contributed by atoms with van der Waals surface area (Å²) in [4.78, 5) is 0. The van der Waals surface area contributed by atoms with E-state index in [4.69, 9.17) is 4.74 Å². The van der Waals surface area contributed by atoms with Crippen molar-refractivity contribution in [2.75, 3.05) is 13.7 Å². The average molecular weight is 233 g/mol. The van der Waals surface area contributed by atoms with Gasteiger partial charge in [0.05, 0.1) is 6.04 Å². The number of hydrogen-bond donors (Lipinski definition) is 1. The maximum absolute atomic E-state index is 13.6. The Morgan fingerprint density at radius 2 is 2.25 bits per heavy atom. The van der Waals surface area contributed by atoms with Gasteiger partial charge in [0.2, 0.25) is 5.82 Å². The van der Waals surface area contributed by atoms with Gasteiger partial charge in [-0.25, -0.2) is 0 Å². The summed E-state index contributed by atoms with van der Waals surface area (Å²) in [5.41, 5.74) is 0.613. The Bertz CT molecular complexity index is 398. The fraction of sp³-hybridized carbons (Fsp3) is 0.400. The van der Waals surface area contributed by atoms with Crippen molar-refractivity contribution in [3.8, 4) is 11.5 Å². The van der Waals surface area contributed by atoms with Gasteiger partial charge in [-0.15, -0.1) is 0 Å². The van der Waals surface area contributed by atoms with Crippen molar-refractivity contribution in [1.29, 1.82) is 0 Å². The topological polar surface area (TPSA) is 30.5 Å². The first-order valence-electron chi connectivity index (χ1n) is 4.70. The molecule has 1 N–H and O–H groups in total. The minimum atomic E-state index is -3.05. The molecule has 0 bridgehead atoms. The Hall–Kier alpha value is -1.43. The van der Waals surface area contributed by atoms with Gasteiger partial charge >= 0.3 is 6.61 Å². The minimum absolute atomic E-state index is 0.0162. The van der Waals surface area contributed by atoms with Gasteiger partial charge in [-0.2, -0.15) is 13.2 Å². The van der Waals surface area contributed by atoms with Crippen LogP contribution < -0.4 is 14.8 Å². The van der Waals surface area contributed by atoms with E-state index in [1.807, 2.05) is 0 Å². The number of hydrogen-bond acceptors (Lipinski definition) is 3. The number of halogens is 3. The molecule has 0 aromatic heterocycles. The SMILES string of the molecule is CNC1COc2c1ccc(OC(F)F)c2F. The van der Waals surface area contributed by atoms with Crippen molar-refractivity contribution in [1.82, 2.24) is 5.32 Å². The predicted molar refractivity (Wildman–Crippen MR) is 50.3 cm³/mol. The minimum Gasteiger partial charge on any atom is -0.488 e. The van der Waals surface area contributed by atoms with E-state index in [1.54, 1.807) is 7.05 Å². The third-order valence-electron chi connectivity index (χ3n) is 2.43. The molecule has 0 radical (unpaired) electrons. The van der Waals surface area contributed by atoms with Gasteiger partial charge < -0.3 is 14.8 Å². The fourth-order valence-electron chi connectivity index (χ4n) is 1.66. The maximum Gasteiger partial charge on any atom is 0.387 e. The van der Waals surface area contributed by atoms with E-state index in [-0.39, 0.29) is 18.4 Å². The number of likely N-dealkylation sites (N-methyl/N-ethyl adjacent to an activating group) is 1. The summed E-state index contributed by atoms with van der Waals surface area (Å²) in [7, 11) is 1.71. The van der Waals surface area contributed by atoms with E-state index in [0.29, 0.717) is 5.56 Å². The molecule has 6 heteroatoms. The van der Waals surface area contributed by atoms with E-state index < -0.39 is 18.2 Å². The zero-order chi connectivity index (χ0) is 11.7. The van der Waals surface area contributed by atoms with Crippen molar-refractivity contribution in [3.05, 3.63) is 23.5 Å². The molecule has 1 aromatic rings. The van der Waals surface area contributed by atoms with Gasteiger partial charge in [0.25, 0.3) is 0 Å². The van der Waals surface area contributed by atoms with Gasteiger partial charge in [0, 0.05) is 5.56 Å². The summed E-state index contributed by atoms with van der Waals surface area (Å²) in [6, 6.07) is 2.58. The molecule has 16 heavy (non-hydrogen) atoms. The standard InChI is InChI=1S/C10H10F3NO2/c1-14-6-4-15-9-5(6)2-3-7(8(9)11)16-10(12)13/h2-3,6,10,14H,4H2,1H3. The van der Waals surface area contributed by atoms with Gasteiger partial charge in [-0.3, -0.25) is 0 Å². The Balaban J connectivity index is 2.34. The number of nitrogens with one attached hydrogen (secondary N) is 1. The monoisotopic (exact) mass is 233 g/mol. The molecule has 88 valence electrons. The number of fused-ring (bicyclic) bond motifs is 1. The van der Waals surface area contributed by atoms with Crippen LogP contribution in [0.1, 0.15) is 11.6 Å². The van der Waals surface area contributed by atoms with E-state index >= 15 is 0 Å².